The molecule has 1 aromatic carbocycles. The number of aliphatic hydroxyl groups is 1. The van der Waals surface area contributed by atoms with Gasteiger partial charge in [0.05, 0.1) is 17.7 Å². The molecule has 0 atom stereocenters. The Kier molecular flexibility index (Phi) is 4.14. The van der Waals surface area contributed by atoms with Gasteiger partial charge in [0.15, 0.2) is 0 Å². The lowest BCUT2D eigenvalue weighted by molar-refractivity contribution is 0.0696. The van der Waals surface area contributed by atoms with Crippen molar-refractivity contribution in [2.45, 2.75) is 40.2 Å². The Hall–Kier alpha value is -1.81. The van der Waals surface area contributed by atoms with Crippen LogP contribution in [0.2, 0.25) is 0 Å². The number of aryl methyl sites for hydroxylation is 3. The predicted molar refractivity (Wildman–Crippen MR) is 79.5 cm³/mol. The summed E-state index contributed by atoms with van der Waals surface area (Å²) in [4.78, 5) is 11.4. The molecule has 0 saturated heterocycles. The summed E-state index contributed by atoms with van der Waals surface area (Å²) in [6.45, 7) is 6.52. The Bertz CT molecular complexity index is 656. The van der Waals surface area contributed by atoms with Crippen molar-refractivity contribution in [1.82, 2.24) is 4.57 Å². The van der Waals surface area contributed by atoms with Gasteiger partial charge in [0, 0.05) is 18.1 Å². The molecule has 1 heterocycles. The third kappa shape index (κ3) is 2.31. The molecule has 0 unspecified atom stereocenters. The maximum Gasteiger partial charge on any atom is 0.335 e. The van der Waals surface area contributed by atoms with E-state index >= 15 is 0 Å². The summed E-state index contributed by atoms with van der Waals surface area (Å²) in [5.41, 5.74) is 4.34. The first-order chi connectivity index (χ1) is 9.51. The third-order valence-electron chi connectivity index (χ3n) is 3.76. The van der Waals surface area contributed by atoms with Crippen LogP contribution in [-0.2, 0) is 13.0 Å². The molecule has 0 aliphatic carbocycles. The second-order valence-electron chi connectivity index (χ2n) is 5.22. The molecule has 4 heteroatoms. The summed E-state index contributed by atoms with van der Waals surface area (Å²) < 4.78 is 2.04. The van der Waals surface area contributed by atoms with Crippen molar-refractivity contribution in [2.75, 3.05) is 6.61 Å². The van der Waals surface area contributed by atoms with Crippen molar-refractivity contribution in [3.05, 3.63) is 34.5 Å². The fourth-order valence-corrected chi connectivity index (χ4v) is 2.95. The highest BCUT2D eigenvalue weighted by molar-refractivity contribution is 5.99. The zero-order chi connectivity index (χ0) is 14.9. The first-order valence-corrected chi connectivity index (χ1v) is 6.97. The molecule has 4 nitrogen and oxygen atoms in total. The quantitative estimate of drug-likeness (QED) is 0.882. The fraction of sp³-hybridized carbons (Fsp3) is 0.438. The minimum absolute atomic E-state index is 0.0779. The van der Waals surface area contributed by atoms with Crippen molar-refractivity contribution in [3.8, 4) is 0 Å². The Morgan fingerprint density at radius 2 is 2.05 bits per heavy atom. The molecule has 20 heavy (non-hydrogen) atoms. The van der Waals surface area contributed by atoms with Crippen molar-refractivity contribution in [1.29, 1.82) is 0 Å². The van der Waals surface area contributed by atoms with E-state index in [0.717, 1.165) is 34.9 Å². The summed E-state index contributed by atoms with van der Waals surface area (Å²) in [5.74, 6) is -0.884. The molecular weight excluding hydrogens is 254 g/mol. The lowest BCUT2D eigenvalue weighted by Crippen LogP contribution is -2.04. The molecule has 0 aliphatic heterocycles. The summed E-state index contributed by atoms with van der Waals surface area (Å²) in [7, 11) is 0. The number of carboxylic acid groups (broad SMARTS) is 1. The van der Waals surface area contributed by atoms with Gasteiger partial charge < -0.3 is 14.8 Å². The smallest absolute Gasteiger partial charge is 0.335 e. The zero-order valence-corrected chi connectivity index (χ0v) is 12.2. The number of carbonyl (C=O) groups is 1. The third-order valence-corrected chi connectivity index (χ3v) is 3.76. The summed E-state index contributed by atoms with van der Waals surface area (Å²) in [6.07, 6.45) is 3.97. The van der Waals surface area contributed by atoms with Crippen molar-refractivity contribution < 1.29 is 15.0 Å². The number of aliphatic hydroxyl groups excluding tert-OH is 1. The number of fused-ring (bicyclic) bond motifs is 1. The van der Waals surface area contributed by atoms with Gasteiger partial charge in [-0.2, -0.15) is 0 Å². The molecule has 0 spiro atoms. The Balaban J connectivity index is 2.82. The first kappa shape index (κ1) is 14.6. The van der Waals surface area contributed by atoms with E-state index < -0.39 is 5.97 Å². The monoisotopic (exact) mass is 275 g/mol. The van der Waals surface area contributed by atoms with Gasteiger partial charge in [0.1, 0.15) is 0 Å². The summed E-state index contributed by atoms with van der Waals surface area (Å²) >= 11 is 0. The average molecular weight is 275 g/mol. The van der Waals surface area contributed by atoms with Gasteiger partial charge in [-0.1, -0.05) is 13.3 Å². The number of aromatic nitrogens is 1. The minimum Gasteiger partial charge on any atom is -0.478 e. The highest BCUT2D eigenvalue weighted by atomic mass is 16.4. The SMILES string of the molecule is CCCc1cn(CCO)c2c(C)cc(C(=O)O)c(C)c12. The van der Waals surface area contributed by atoms with Gasteiger partial charge in [0.25, 0.3) is 0 Å². The van der Waals surface area contributed by atoms with Crippen LogP contribution >= 0.6 is 0 Å². The topological polar surface area (TPSA) is 62.5 Å². The van der Waals surface area contributed by atoms with Gasteiger partial charge in [-0.15, -0.1) is 0 Å². The second-order valence-corrected chi connectivity index (χ2v) is 5.22. The number of rotatable bonds is 5. The standard InChI is InChI=1S/C16H21NO3/c1-4-5-12-9-17(6-7-18)15-10(2)8-13(16(19)20)11(3)14(12)15/h8-9,18H,4-7H2,1-3H3,(H,19,20). The van der Waals surface area contributed by atoms with E-state index in [0.29, 0.717) is 12.1 Å². The number of benzene rings is 1. The Morgan fingerprint density at radius 1 is 1.35 bits per heavy atom. The van der Waals surface area contributed by atoms with Gasteiger partial charge in [0.2, 0.25) is 0 Å². The number of hydrogen-bond donors (Lipinski definition) is 2. The van der Waals surface area contributed by atoms with E-state index in [1.54, 1.807) is 6.07 Å². The van der Waals surface area contributed by atoms with Crippen LogP contribution in [0.25, 0.3) is 10.9 Å². The van der Waals surface area contributed by atoms with Crippen LogP contribution < -0.4 is 0 Å². The molecule has 2 aromatic rings. The van der Waals surface area contributed by atoms with Gasteiger partial charge in [-0.25, -0.2) is 4.79 Å². The average Bonchev–Trinajstić information content (AvgIpc) is 2.74. The zero-order valence-electron chi connectivity index (χ0n) is 12.2. The van der Waals surface area contributed by atoms with Crippen LogP contribution in [0.4, 0.5) is 0 Å². The number of carboxylic acids is 1. The van der Waals surface area contributed by atoms with Crippen molar-refractivity contribution >= 4 is 16.9 Å². The minimum atomic E-state index is -0.884. The molecule has 0 radical (unpaired) electrons. The molecule has 0 fully saturated rings. The van der Waals surface area contributed by atoms with Crippen LogP contribution in [0.1, 0.15) is 40.4 Å². The fourth-order valence-electron chi connectivity index (χ4n) is 2.95. The van der Waals surface area contributed by atoms with E-state index in [1.807, 2.05) is 18.4 Å². The van der Waals surface area contributed by atoms with Crippen molar-refractivity contribution in [2.24, 2.45) is 0 Å². The van der Waals surface area contributed by atoms with Crippen LogP contribution in [0.5, 0.6) is 0 Å². The van der Waals surface area contributed by atoms with Crippen LogP contribution in [0, 0.1) is 13.8 Å². The van der Waals surface area contributed by atoms with Gasteiger partial charge >= 0.3 is 5.97 Å². The largest absolute Gasteiger partial charge is 0.478 e. The van der Waals surface area contributed by atoms with Gasteiger partial charge in [-0.05, 0) is 43.0 Å². The molecule has 0 amide bonds. The molecule has 0 saturated carbocycles. The summed E-state index contributed by atoms with van der Waals surface area (Å²) in [5, 5.41) is 19.6. The van der Waals surface area contributed by atoms with Crippen LogP contribution in [-0.4, -0.2) is 27.4 Å². The van der Waals surface area contributed by atoms with E-state index in [9.17, 15) is 15.0 Å². The van der Waals surface area contributed by atoms with Crippen molar-refractivity contribution in [3.63, 3.8) is 0 Å². The maximum atomic E-state index is 11.4. The lowest BCUT2D eigenvalue weighted by atomic mass is 9.97. The molecule has 0 aliphatic rings. The first-order valence-electron chi connectivity index (χ1n) is 6.97. The van der Waals surface area contributed by atoms with Crippen LogP contribution in [0.3, 0.4) is 0 Å². The van der Waals surface area contributed by atoms with Gasteiger partial charge in [-0.3, -0.25) is 0 Å². The molecular formula is C16H21NO3. The highest BCUT2D eigenvalue weighted by Crippen LogP contribution is 2.31. The van der Waals surface area contributed by atoms with E-state index in [1.165, 1.54) is 5.56 Å². The second kappa shape index (κ2) is 5.67. The van der Waals surface area contributed by atoms with Crippen LogP contribution in [0.15, 0.2) is 12.3 Å². The normalized spacial score (nSPS) is 11.2. The maximum absolute atomic E-state index is 11.4. The van der Waals surface area contributed by atoms with E-state index in [-0.39, 0.29) is 6.61 Å². The molecule has 2 rings (SSSR count). The number of hydrogen-bond acceptors (Lipinski definition) is 2. The molecule has 2 N–H and O–H groups in total. The number of nitrogens with zero attached hydrogens (tertiary/aromatic N) is 1. The lowest BCUT2D eigenvalue weighted by Gasteiger charge is -2.10. The molecule has 1 aromatic heterocycles. The predicted octanol–water partition coefficient (Wildman–Crippen LogP) is 2.90. The highest BCUT2D eigenvalue weighted by Gasteiger charge is 2.18. The van der Waals surface area contributed by atoms with E-state index in [2.05, 4.69) is 13.1 Å². The molecule has 108 valence electrons. The molecule has 0 bridgehead atoms. The Labute approximate surface area is 118 Å². The summed E-state index contributed by atoms with van der Waals surface area (Å²) in [6, 6.07) is 1.73. The van der Waals surface area contributed by atoms with E-state index in [4.69, 9.17) is 0 Å². The Morgan fingerprint density at radius 3 is 2.60 bits per heavy atom. The number of aromatic carboxylic acids is 1.